The molecule has 7 nitrogen and oxygen atoms in total. The molecular formula is C26H21Cl3N4O3. The number of piperidine rings is 1. The van der Waals surface area contributed by atoms with Gasteiger partial charge in [0.1, 0.15) is 5.82 Å². The molecule has 1 saturated heterocycles. The molecule has 1 aliphatic rings. The molecule has 184 valence electrons. The minimum Gasteiger partial charge on any atom is -0.465 e. The lowest BCUT2D eigenvalue weighted by Gasteiger charge is -2.31. The fourth-order valence-electron chi connectivity index (χ4n) is 4.53. The highest BCUT2D eigenvalue weighted by atomic mass is 35.5. The predicted octanol–water partition coefficient (Wildman–Crippen LogP) is 6.57. The molecule has 1 amide bonds. The number of pyridine rings is 2. The fourth-order valence-corrected chi connectivity index (χ4v) is 5.32. The SMILES string of the molecule is O=C(O)N1CCC(Nc2cc3c(ccc(=O)n3-c3c(Cl)cccc3Cl)c(-c3ccccc3Cl)n2)CC1. The number of nitrogens with zero attached hydrogens (tertiary/aromatic N) is 3. The number of likely N-dealkylation sites (tertiary alicyclic amines) is 1. The molecule has 0 bridgehead atoms. The maximum Gasteiger partial charge on any atom is 0.407 e. The number of hydrogen-bond acceptors (Lipinski definition) is 4. The summed E-state index contributed by atoms with van der Waals surface area (Å²) in [5.74, 6) is 0.536. The van der Waals surface area contributed by atoms with Crippen molar-refractivity contribution in [3.05, 3.63) is 86.1 Å². The molecule has 36 heavy (non-hydrogen) atoms. The Bertz CT molecular complexity index is 1510. The summed E-state index contributed by atoms with van der Waals surface area (Å²) in [6, 6.07) is 17.4. The monoisotopic (exact) mass is 542 g/mol. The second kappa shape index (κ2) is 10.0. The topological polar surface area (TPSA) is 87.5 Å². The first-order chi connectivity index (χ1) is 17.3. The molecule has 0 spiro atoms. The largest absolute Gasteiger partial charge is 0.465 e. The highest BCUT2D eigenvalue weighted by Crippen LogP contribution is 2.36. The van der Waals surface area contributed by atoms with Crippen LogP contribution in [0.5, 0.6) is 0 Å². The Morgan fingerprint density at radius 3 is 2.28 bits per heavy atom. The van der Waals surface area contributed by atoms with Crippen molar-refractivity contribution in [3.63, 3.8) is 0 Å². The summed E-state index contributed by atoms with van der Waals surface area (Å²) in [6.07, 6.45) is 0.343. The number of rotatable bonds is 4. The standard InChI is InChI=1S/C26H21Cl3N4O3/c27-18-5-2-1-4-16(18)24-17-8-9-23(34)33(25-19(28)6-3-7-20(25)29)21(17)14-22(31-24)30-15-10-12-32(13-11-15)26(35)36/h1-9,14-15H,10-13H2,(H,30,31)(H,35,36). The van der Waals surface area contributed by atoms with Crippen molar-refractivity contribution >= 4 is 57.6 Å². The number of amides is 1. The van der Waals surface area contributed by atoms with Gasteiger partial charge < -0.3 is 15.3 Å². The highest BCUT2D eigenvalue weighted by Gasteiger charge is 2.24. The molecule has 0 aliphatic carbocycles. The van der Waals surface area contributed by atoms with Crippen LogP contribution in [0.25, 0.3) is 27.8 Å². The molecule has 2 aromatic carbocycles. The summed E-state index contributed by atoms with van der Waals surface area (Å²) in [7, 11) is 0. The van der Waals surface area contributed by atoms with Crippen LogP contribution in [0.1, 0.15) is 12.8 Å². The van der Waals surface area contributed by atoms with Crippen LogP contribution in [0.15, 0.2) is 65.5 Å². The van der Waals surface area contributed by atoms with E-state index in [4.69, 9.17) is 39.8 Å². The number of benzene rings is 2. The number of nitrogens with one attached hydrogen (secondary N) is 1. The van der Waals surface area contributed by atoms with Crippen molar-refractivity contribution in [3.8, 4) is 16.9 Å². The first-order valence-electron chi connectivity index (χ1n) is 11.3. The van der Waals surface area contributed by atoms with Crippen molar-refractivity contribution < 1.29 is 9.90 Å². The Labute approximate surface area is 221 Å². The van der Waals surface area contributed by atoms with E-state index < -0.39 is 6.09 Å². The van der Waals surface area contributed by atoms with Gasteiger partial charge in [-0.2, -0.15) is 0 Å². The van der Waals surface area contributed by atoms with E-state index in [1.54, 1.807) is 36.4 Å². The van der Waals surface area contributed by atoms with E-state index >= 15 is 0 Å². The van der Waals surface area contributed by atoms with Crippen LogP contribution in [-0.2, 0) is 0 Å². The number of para-hydroxylation sites is 1. The molecule has 5 rings (SSSR count). The van der Waals surface area contributed by atoms with Gasteiger partial charge in [0.05, 0.1) is 26.9 Å². The van der Waals surface area contributed by atoms with Gasteiger partial charge in [-0.05, 0) is 37.1 Å². The van der Waals surface area contributed by atoms with Crippen molar-refractivity contribution in [1.82, 2.24) is 14.5 Å². The zero-order valence-corrected chi connectivity index (χ0v) is 21.2. The summed E-state index contributed by atoms with van der Waals surface area (Å²) in [5.41, 5.74) is 1.96. The minimum absolute atomic E-state index is 0.0115. The Morgan fingerprint density at radius 1 is 0.944 bits per heavy atom. The van der Waals surface area contributed by atoms with Gasteiger partial charge in [-0.3, -0.25) is 9.36 Å². The van der Waals surface area contributed by atoms with Crippen molar-refractivity contribution in [2.45, 2.75) is 18.9 Å². The molecule has 1 aliphatic heterocycles. The summed E-state index contributed by atoms with van der Waals surface area (Å²) < 4.78 is 1.49. The van der Waals surface area contributed by atoms with Gasteiger partial charge in [0.25, 0.3) is 5.56 Å². The van der Waals surface area contributed by atoms with Gasteiger partial charge in [-0.1, -0.05) is 59.1 Å². The third-order valence-electron chi connectivity index (χ3n) is 6.30. The first-order valence-corrected chi connectivity index (χ1v) is 12.5. The van der Waals surface area contributed by atoms with E-state index in [1.807, 2.05) is 18.2 Å². The quantitative estimate of drug-likeness (QED) is 0.304. The van der Waals surface area contributed by atoms with Crippen LogP contribution < -0.4 is 10.9 Å². The number of anilines is 1. The molecule has 10 heteroatoms. The van der Waals surface area contributed by atoms with E-state index in [0.717, 1.165) is 0 Å². The molecule has 4 aromatic rings. The van der Waals surface area contributed by atoms with E-state index in [1.165, 1.54) is 15.5 Å². The molecule has 0 atom stereocenters. The lowest BCUT2D eigenvalue weighted by atomic mass is 10.0. The fraction of sp³-hybridized carbons (Fsp3) is 0.192. The number of carbonyl (C=O) groups is 1. The minimum atomic E-state index is -0.918. The van der Waals surface area contributed by atoms with Crippen LogP contribution in [0.3, 0.4) is 0 Å². The van der Waals surface area contributed by atoms with E-state index in [2.05, 4.69) is 5.32 Å². The van der Waals surface area contributed by atoms with Gasteiger partial charge in [0.2, 0.25) is 0 Å². The normalized spacial score (nSPS) is 14.2. The van der Waals surface area contributed by atoms with Gasteiger partial charge >= 0.3 is 6.09 Å². The van der Waals surface area contributed by atoms with Crippen molar-refractivity contribution in [1.29, 1.82) is 0 Å². The van der Waals surface area contributed by atoms with Crippen LogP contribution in [-0.4, -0.2) is 44.8 Å². The lowest BCUT2D eigenvalue weighted by Crippen LogP contribution is -2.41. The Balaban J connectivity index is 1.70. The van der Waals surface area contributed by atoms with E-state index in [-0.39, 0.29) is 11.6 Å². The van der Waals surface area contributed by atoms with Gasteiger partial charge in [0.15, 0.2) is 0 Å². The van der Waals surface area contributed by atoms with Crippen LogP contribution in [0.2, 0.25) is 15.1 Å². The average molecular weight is 544 g/mol. The summed E-state index contributed by atoms with van der Waals surface area (Å²) >= 11 is 19.6. The van der Waals surface area contributed by atoms with Gasteiger partial charge in [-0.25, -0.2) is 9.78 Å². The number of carboxylic acid groups (broad SMARTS) is 1. The van der Waals surface area contributed by atoms with Gasteiger partial charge in [-0.15, -0.1) is 0 Å². The maximum absolute atomic E-state index is 13.2. The molecule has 0 radical (unpaired) electrons. The van der Waals surface area contributed by atoms with Crippen LogP contribution in [0.4, 0.5) is 10.6 Å². The van der Waals surface area contributed by atoms with E-state index in [9.17, 15) is 14.7 Å². The lowest BCUT2D eigenvalue weighted by molar-refractivity contribution is 0.134. The summed E-state index contributed by atoms with van der Waals surface area (Å²) in [5, 5.41) is 14.6. The van der Waals surface area contributed by atoms with E-state index in [0.29, 0.717) is 74.7 Å². The zero-order chi connectivity index (χ0) is 25.4. The number of hydrogen-bond donors (Lipinski definition) is 2. The second-order valence-electron chi connectivity index (χ2n) is 8.53. The summed E-state index contributed by atoms with van der Waals surface area (Å²) in [6.45, 7) is 0.857. The van der Waals surface area contributed by atoms with Gasteiger partial charge in [0, 0.05) is 47.2 Å². The average Bonchev–Trinajstić information content (AvgIpc) is 2.85. The predicted molar refractivity (Wildman–Crippen MR) is 144 cm³/mol. The Morgan fingerprint density at radius 2 is 1.61 bits per heavy atom. The van der Waals surface area contributed by atoms with Crippen molar-refractivity contribution in [2.75, 3.05) is 18.4 Å². The molecule has 3 heterocycles. The Hall–Kier alpha value is -3.26. The maximum atomic E-state index is 13.2. The number of aromatic nitrogens is 2. The zero-order valence-electron chi connectivity index (χ0n) is 18.9. The number of fused-ring (bicyclic) bond motifs is 1. The molecule has 0 saturated carbocycles. The van der Waals surface area contributed by atoms with Crippen molar-refractivity contribution in [2.24, 2.45) is 0 Å². The molecule has 1 fully saturated rings. The third kappa shape index (κ3) is 4.62. The molecule has 2 N–H and O–H groups in total. The molecule has 0 unspecified atom stereocenters. The first kappa shape index (κ1) is 24.4. The summed E-state index contributed by atoms with van der Waals surface area (Å²) in [4.78, 5) is 30.7. The van der Waals surface area contributed by atoms with Crippen LogP contribution in [0, 0.1) is 0 Å². The van der Waals surface area contributed by atoms with Crippen LogP contribution >= 0.6 is 34.8 Å². The molecule has 2 aromatic heterocycles. The number of halogens is 3. The Kier molecular flexibility index (Phi) is 6.79. The second-order valence-corrected chi connectivity index (χ2v) is 9.76. The third-order valence-corrected chi connectivity index (χ3v) is 7.24. The smallest absolute Gasteiger partial charge is 0.407 e. The molecular weight excluding hydrogens is 523 g/mol. The highest BCUT2D eigenvalue weighted by molar-refractivity contribution is 6.38.